The number of piperidine rings is 1. The highest BCUT2D eigenvalue weighted by Crippen LogP contribution is 2.19. The molecule has 0 atom stereocenters. The maximum atomic E-state index is 11.8. The van der Waals surface area contributed by atoms with Gasteiger partial charge in [-0.1, -0.05) is 0 Å². The average molecular weight is 258 g/mol. The molecule has 0 spiro atoms. The summed E-state index contributed by atoms with van der Waals surface area (Å²) in [6.45, 7) is 4.03. The number of hydrogen-bond donors (Lipinski definition) is 1. The van der Waals surface area contributed by atoms with Gasteiger partial charge in [-0.25, -0.2) is 0 Å². The van der Waals surface area contributed by atoms with E-state index in [4.69, 9.17) is 9.47 Å². The normalized spacial score (nSPS) is 17.1. The molecule has 0 unspecified atom stereocenters. The molecule has 1 saturated heterocycles. The first kappa shape index (κ1) is 15.4. The minimum atomic E-state index is 0.109. The number of amides is 1. The van der Waals surface area contributed by atoms with Gasteiger partial charge in [-0.2, -0.15) is 0 Å². The van der Waals surface area contributed by atoms with Gasteiger partial charge in [0.25, 0.3) is 0 Å². The van der Waals surface area contributed by atoms with Gasteiger partial charge in [0.15, 0.2) is 0 Å². The summed E-state index contributed by atoms with van der Waals surface area (Å²) in [6.07, 6.45) is 3.44. The van der Waals surface area contributed by atoms with Gasteiger partial charge in [0, 0.05) is 20.2 Å². The molecule has 1 aliphatic rings. The molecule has 1 aliphatic heterocycles. The Morgan fingerprint density at radius 1 is 1.33 bits per heavy atom. The highest BCUT2D eigenvalue weighted by molar-refractivity contribution is 5.77. The maximum Gasteiger partial charge on any atom is 0.248 e. The molecule has 18 heavy (non-hydrogen) atoms. The number of nitrogens with zero attached hydrogens (tertiary/aromatic N) is 1. The summed E-state index contributed by atoms with van der Waals surface area (Å²) in [5, 5.41) is 3.18. The summed E-state index contributed by atoms with van der Waals surface area (Å²) < 4.78 is 10.1. The molecular weight excluding hydrogens is 232 g/mol. The van der Waals surface area contributed by atoms with Crippen molar-refractivity contribution in [1.29, 1.82) is 0 Å². The molecule has 1 amide bonds. The lowest BCUT2D eigenvalue weighted by Crippen LogP contribution is -2.40. The number of hydrogen-bond acceptors (Lipinski definition) is 4. The first-order valence-corrected chi connectivity index (χ1v) is 6.77. The molecular formula is C13H26N2O3. The molecule has 1 fully saturated rings. The molecule has 0 aromatic heterocycles. The first-order chi connectivity index (χ1) is 8.77. The first-order valence-electron chi connectivity index (χ1n) is 6.77. The van der Waals surface area contributed by atoms with Crippen molar-refractivity contribution in [2.24, 2.45) is 5.92 Å². The van der Waals surface area contributed by atoms with E-state index in [1.807, 2.05) is 11.9 Å². The highest BCUT2D eigenvalue weighted by atomic mass is 16.5. The van der Waals surface area contributed by atoms with Crippen molar-refractivity contribution in [3.63, 3.8) is 0 Å². The van der Waals surface area contributed by atoms with Crippen LogP contribution in [0.5, 0.6) is 0 Å². The van der Waals surface area contributed by atoms with Crippen LogP contribution in [0.3, 0.4) is 0 Å². The summed E-state index contributed by atoms with van der Waals surface area (Å²) in [5.74, 6) is 0.870. The lowest BCUT2D eigenvalue weighted by Gasteiger charge is -2.32. The minimum absolute atomic E-state index is 0.109. The van der Waals surface area contributed by atoms with Gasteiger partial charge < -0.3 is 19.7 Å². The van der Waals surface area contributed by atoms with Crippen LogP contribution >= 0.6 is 0 Å². The standard InChI is InChI=1S/C13H26N2O3/c1-14-6-3-12-4-7-15(8-5-12)13(16)11-18-10-9-17-2/h12,14H,3-11H2,1-2H3. The van der Waals surface area contributed by atoms with Crippen LogP contribution in [0.25, 0.3) is 0 Å². The zero-order valence-electron chi connectivity index (χ0n) is 11.6. The van der Waals surface area contributed by atoms with Crippen molar-refractivity contribution < 1.29 is 14.3 Å². The van der Waals surface area contributed by atoms with Crippen molar-refractivity contribution >= 4 is 5.91 Å². The van der Waals surface area contributed by atoms with E-state index < -0.39 is 0 Å². The van der Waals surface area contributed by atoms with Crippen molar-refractivity contribution in [1.82, 2.24) is 10.2 Å². The van der Waals surface area contributed by atoms with Gasteiger partial charge in [-0.3, -0.25) is 4.79 Å². The maximum absolute atomic E-state index is 11.8. The zero-order chi connectivity index (χ0) is 13.2. The van der Waals surface area contributed by atoms with Crippen LogP contribution in [-0.4, -0.2) is 64.4 Å². The van der Waals surface area contributed by atoms with E-state index in [0.29, 0.717) is 13.2 Å². The number of carbonyl (C=O) groups is 1. The van der Waals surface area contributed by atoms with Crippen LogP contribution in [0.1, 0.15) is 19.3 Å². The van der Waals surface area contributed by atoms with Crippen molar-refractivity contribution in [2.45, 2.75) is 19.3 Å². The Kier molecular flexibility index (Phi) is 7.96. The summed E-state index contributed by atoms with van der Waals surface area (Å²) >= 11 is 0. The molecule has 0 radical (unpaired) electrons. The second-order valence-electron chi connectivity index (χ2n) is 4.76. The monoisotopic (exact) mass is 258 g/mol. The van der Waals surface area contributed by atoms with Gasteiger partial charge in [0.05, 0.1) is 13.2 Å². The lowest BCUT2D eigenvalue weighted by atomic mass is 9.93. The smallest absolute Gasteiger partial charge is 0.248 e. The van der Waals surface area contributed by atoms with E-state index in [-0.39, 0.29) is 12.5 Å². The second-order valence-corrected chi connectivity index (χ2v) is 4.76. The Balaban J connectivity index is 2.11. The van der Waals surface area contributed by atoms with Gasteiger partial charge in [0.1, 0.15) is 6.61 Å². The third-order valence-corrected chi connectivity index (χ3v) is 3.43. The number of rotatable bonds is 8. The minimum Gasteiger partial charge on any atom is -0.382 e. The topological polar surface area (TPSA) is 50.8 Å². The molecule has 0 saturated carbocycles. The van der Waals surface area contributed by atoms with Crippen LogP contribution in [0.4, 0.5) is 0 Å². The second kappa shape index (κ2) is 9.30. The molecule has 0 bridgehead atoms. The van der Waals surface area contributed by atoms with E-state index in [1.54, 1.807) is 7.11 Å². The number of likely N-dealkylation sites (tertiary alicyclic amines) is 1. The van der Waals surface area contributed by atoms with Gasteiger partial charge >= 0.3 is 0 Å². The molecule has 0 aromatic rings. The van der Waals surface area contributed by atoms with Crippen LogP contribution in [0, 0.1) is 5.92 Å². The van der Waals surface area contributed by atoms with Crippen molar-refractivity contribution in [3.05, 3.63) is 0 Å². The Morgan fingerprint density at radius 3 is 2.67 bits per heavy atom. The fourth-order valence-corrected chi connectivity index (χ4v) is 2.21. The number of carbonyl (C=O) groups excluding carboxylic acids is 1. The van der Waals surface area contributed by atoms with Gasteiger partial charge in [0.2, 0.25) is 5.91 Å². The Hall–Kier alpha value is -0.650. The van der Waals surface area contributed by atoms with Gasteiger partial charge in [-0.15, -0.1) is 0 Å². The molecule has 1 rings (SSSR count). The Morgan fingerprint density at radius 2 is 2.06 bits per heavy atom. The van der Waals surface area contributed by atoms with E-state index in [9.17, 15) is 4.79 Å². The molecule has 106 valence electrons. The molecule has 1 heterocycles. The largest absolute Gasteiger partial charge is 0.382 e. The van der Waals surface area contributed by atoms with Crippen LogP contribution in [-0.2, 0) is 14.3 Å². The number of methoxy groups -OCH3 is 1. The van der Waals surface area contributed by atoms with E-state index in [2.05, 4.69) is 5.32 Å². The zero-order valence-corrected chi connectivity index (χ0v) is 11.6. The predicted octanol–water partition coefficient (Wildman–Crippen LogP) is 0.498. The van der Waals surface area contributed by atoms with Crippen molar-refractivity contribution in [2.75, 3.05) is 53.6 Å². The highest BCUT2D eigenvalue weighted by Gasteiger charge is 2.22. The van der Waals surface area contributed by atoms with Gasteiger partial charge in [-0.05, 0) is 38.8 Å². The molecule has 0 aliphatic carbocycles. The van der Waals surface area contributed by atoms with Crippen LogP contribution in [0.2, 0.25) is 0 Å². The lowest BCUT2D eigenvalue weighted by molar-refractivity contribution is -0.138. The van der Waals surface area contributed by atoms with Crippen LogP contribution < -0.4 is 5.32 Å². The molecule has 0 aromatic carbocycles. The molecule has 5 heteroatoms. The van der Waals surface area contributed by atoms with E-state index >= 15 is 0 Å². The van der Waals surface area contributed by atoms with Crippen molar-refractivity contribution in [3.8, 4) is 0 Å². The third kappa shape index (κ3) is 5.80. The Labute approximate surface area is 110 Å². The fraction of sp³-hybridized carbons (Fsp3) is 0.923. The Bertz CT molecular complexity index is 228. The van der Waals surface area contributed by atoms with E-state index in [0.717, 1.165) is 38.4 Å². The summed E-state index contributed by atoms with van der Waals surface area (Å²) in [7, 11) is 3.61. The fourth-order valence-electron chi connectivity index (χ4n) is 2.21. The van der Waals surface area contributed by atoms with Crippen LogP contribution in [0.15, 0.2) is 0 Å². The summed E-state index contributed by atoms with van der Waals surface area (Å²) in [4.78, 5) is 13.7. The SMILES string of the molecule is CNCCC1CCN(C(=O)COCCOC)CC1. The third-order valence-electron chi connectivity index (χ3n) is 3.43. The average Bonchev–Trinajstić information content (AvgIpc) is 2.41. The summed E-state index contributed by atoms with van der Waals surface area (Å²) in [6, 6.07) is 0. The summed E-state index contributed by atoms with van der Waals surface area (Å²) in [5.41, 5.74) is 0. The quantitative estimate of drug-likeness (QED) is 0.644. The number of nitrogens with one attached hydrogen (secondary N) is 1. The van der Waals surface area contributed by atoms with E-state index in [1.165, 1.54) is 6.42 Å². The molecule has 1 N–H and O–H groups in total. The number of ether oxygens (including phenoxy) is 2. The molecule has 5 nitrogen and oxygen atoms in total. The predicted molar refractivity (Wildman–Crippen MR) is 70.5 cm³/mol.